The van der Waals surface area contributed by atoms with E-state index < -0.39 is 47.9 Å². The molecule has 0 saturated carbocycles. The summed E-state index contributed by atoms with van der Waals surface area (Å²) in [6.45, 7) is 7.79. The van der Waals surface area contributed by atoms with Gasteiger partial charge in [-0.1, -0.05) is 46.2 Å². The summed E-state index contributed by atoms with van der Waals surface area (Å²) < 4.78 is 0. The second kappa shape index (κ2) is 16.6. The molecule has 0 heterocycles. The summed E-state index contributed by atoms with van der Waals surface area (Å²) in [5.74, 6) is -2.96. The van der Waals surface area contributed by atoms with Crippen LogP contribution in [-0.2, 0) is 25.6 Å². The lowest BCUT2D eigenvalue weighted by Crippen LogP contribution is -2.58. The van der Waals surface area contributed by atoms with Gasteiger partial charge in [-0.05, 0) is 68.2 Å². The normalized spacial score (nSPS) is 15.1. The molecule has 5 unspecified atom stereocenters. The van der Waals surface area contributed by atoms with Crippen molar-refractivity contribution in [3.05, 3.63) is 29.8 Å². The van der Waals surface area contributed by atoms with Crippen LogP contribution in [0, 0.1) is 11.8 Å². The Morgan fingerprint density at radius 3 is 2.03 bits per heavy atom. The third-order valence-electron chi connectivity index (χ3n) is 6.42. The van der Waals surface area contributed by atoms with Crippen LogP contribution in [0.25, 0.3) is 0 Å². The number of phenolic OH excluding ortho intramolecular Hbond substituents is 1. The SMILES string of the molecule is CCC(C)C(NC(=O)C(CCCCN)NC(=O)C(N)Cc1ccc(O)cc1)C(=O)NC(CC(C)C)C(=O)O. The number of phenols is 1. The lowest BCUT2D eigenvalue weighted by atomic mass is 9.96. The molecule has 214 valence electrons. The fourth-order valence-electron chi connectivity index (χ4n) is 3.93. The number of carbonyl (C=O) groups excluding carboxylic acids is 3. The molecule has 5 atom stereocenters. The number of aliphatic carboxylic acids is 1. The number of carbonyl (C=O) groups is 4. The Balaban J connectivity index is 3.00. The van der Waals surface area contributed by atoms with Crippen molar-refractivity contribution >= 4 is 23.7 Å². The summed E-state index contributed by atoms with van der Waals surface area (Å²) in [6, 6.07) is 2.36. The van der Waals surface area contributed by atoms with Gasteiger partial charge in [-0.2, -0.15) is 0 Å². The first-order chi connectivity index (χ1) is 17.9. The third-order valence-corrected chi connectivity index (χ3v) is 6.42. The molecular weight excluding hydrogens is 490 g/mol. The van der Waals surface area contributed by atoms with Crippen LogP contribution in [0.3, 0.4) is 0 Å². The number of amides is 3. The standard InChI is InChI=1S/C27H45N5O6/c1-5-17(4)23(26(36)31-22(27(37)38)14-16(2)3)32-25(35)21(8-6-7-13-28)30-24(34)20(29)15-18-9-11-19(33)12-10-18/h9-12,16-17,20-23,33H,5-8,13-15,28-29H2,1-4H3,(H,30,34)(H,31,36)(H,32,35)(H,37,38). The van der Waals surface area contributed by atoms with E-state index >= 15 is 0 Å². The molecule has 11 nitrogen and oxygen atoms in total. The minimum absolute atomic E-state index is 0.0426. The fourth-order valence-corrected chi connectivity index (χ4v) is 3.93. The maximum Gasteiger partial charge on any atom is 0.326 e. The zero-order valence-electron chi connectivity index (χ0n) is 22.9. The number of unbranched alkanes of at least 4 members (excludes halogenated alkanes) is 1. The molecule has 1 rings (SSSR count). The lowest BCUT2D eigenvalue weighted by molar-refractivity contribution is -0.143. The van der Waals surface area contributed by atoms with Crippen molar-refractivity contribution in [1.82, 2.24) is 16.0 Å². The van der Waals surface area contributed by atoms with Gasteiger partial charge >= 0.3 is 5.97 Å². The van der Waals surface area contributed by atoms with Gasteiger partial charge in [-0.25, -0.2) is 4.79 Å². The molecule has 0 aliphatic heterocycles. The van der Waals surface area contributed by atoms with Crippen LogP contribution in [0.15, 0.2) is 24.3 Å². The van der Waals surface area contributed by atoms with Crippen LogP contribution >= 0.6 is 0 Å². The highest BCUT2D eigenvalue weighted by molar-refractivity contribution is 5.94. The van der Waals surface area contributed by atoms with E-state index in [0.29, 0.717) is 32.2 Å². The van der Waals surface area contributed by atoms with Crippen molar-refractivity contribution < 1.29 is 29.4 Å². The van der Waals surface area contributed by atoms with Gasteiger partial charge in [0.05, 0.1) is 6.04 Å². The predicted octanol–water partition coefficient (Wildman–Crippen LogP) is 1.02. The summed E-state index contributed by atoms with van der Waals surface area (Å²) in [5.41, 5.74) is 12.4. The summed E-state index contributed by atoms with van der Waals surface area (Å²) in [5, 5.41) is 27.0. The Labute approximate surface area is 225 Å². The number of carboxylic acids is 1. The third kappa shape index (κ3) is 11.5. The van der Waals surface area contributed by atoms with Gasteiger partial charge in [0.25, 0.3) is 0 Å². The fraction of sp³-hybridized carbons (Fsp3) is 0.630. The molecule has 0 aliphatic carbocycles. The van der Waals surface area contributed by atoms with E-state index in [-0.39, 0.29) is 30.4 Å². The summed E-state index contributed by atoms with van der Waals surface area (Å²) in [4.78, 5) is 50.9. The van der Waals surface area contributed by atoms with E-state index in [1.807, 2.05) is 20.8 Å². The van der Waals surface area contributed by atoms with Crippen LogP contribution in [0.5, 0.6) is 5.75 Å². The van der Waals surface area contributed by atoms with E-state index in [4.69, 9.17) is 11.5 Å². The first kappa shape index (κ1) is 32.8. The van der Waals surface area contributed by atoms with Gasteiger partial charge in [0, 0.05) is 0 Å². The first-order valence-electron chi connectivity index (χ1n) is 13.3. The second-order valence-corrected chi connectivity index (χ2v) is 10.2. The van der Waals surface area contributed by atoms with E-state index in [1.165, 1.54) is 12.1 Å². The van der Waals surface area contributed by atoms with Crippen molar-refractivity contribution in [1.29, 1.82) is 0 Å². The maximum absolute atomic E-state index is 13.3. The van der Waals surface area contributed by atoms with Crippen molar-refractivity contribution in [2.24, 2.45) is 23.3 Å². The van der Waals surface area contributed by atoms with Crippen LogP contribution in [0.1, 0.15) is 65.4 Å². The number of rotatable bonds is 17. The van der Waals surface area contributed by atoms with Crippen LogP contribution in [0.2, 0.25) is 0 Å². The number of nitrogens with two attached hydrogens (primary N) is 2. The molecular formula is C27H45N5O6. The summed E-state index contributed by atoms with van der Waals surface area (Å²) in [6.07, 6.45) is 2.51. The van der Waals surface area contributed by atoms with Crippen molar-refractivity contribution in [3.63, 3.8) is 0 Å². The largest absolute Gasteiger partial charge is 0.508 e. The maximum atomic E-state index is 13.3. The highest BCUT2D eigenvalue weighted by Gasteiger charge is 2.32. The minimum atomic E-state index is -1.14. The van der Waals surface area contributed by atoms with Gasteiger partial charge in [0.1, 0.15) is 23.9 Å². The number of hydrogen-bond donors (Lipinski definition) is 7. The van der Waals surface area contributed by atoms with Crippen molar-refractivity contribution in [2.45, 2.75) is 90.4 Å². The Bertz CT molecular complexity index is 908. The van der Waals surface area contributed by atoms with Gasteiger partial charge in [0.15, 0.2) is 0 Å². The van der Waals surface area contributed by atoms with Gasteiger partial charge in [0.2, 0.25) is 17.7 Å². The molecule has 3 amide bonds. The average Bonchev–Trinajstić information content (AvgIpc) is 2.86. The quantitative estimate of drug-likeness (QED) is 0.143. The number of nitrogens with one attached hydrogen (secondary N) is 3. The van der Waals surface area contributed by atoms with Crippen LogP contribution in [-0.4, -0.2) is 64.6 Å². The predicted molar refractivity (Wildman–Crippen MR) is 145 cm³/mol. The molecule has 1 aromatic rings. The highest BCUT2D eigenvalue weighted by Crippen LogP contribution is 2.13. The molecule has 11 heteroatoms. The minimum Gasteiger partial charge on any atom is -0.508 e. The Morgan fingerprint density at radius 1 is 0.895 bits per heavy atom. The van der Waals surface area contributed by atoms with Crippen molar-refractivity contribution in [3.8, 4) is 5.75 Å². The monoisotopic (exact) mass is 535 g/mol. The van der Waals surface area contributed by atoms with Gasteiger partial charge in [-0.3, -0.25) is 14.4 Å². The molecule has 0 spiro atoms. The Kier molecular flexibility index (Phi) is 14.4. The number of aromatic hydroxyl groups is 1. The van der Waals surface area contributed by atoms with Gasteiger partial charge in [-0.15, -0.1) is 0 Å². The van der Waals surface area contributed by atoms with E-state index in [9.17, 15) is 29.4 Å². The first-order valence-corrected chi connectivity index (χ1v) is 13.3. The number of hydrogen-bond acceptors (Lipinski definition) is 7. The van der Waals surface area contributed by atoms with Crippen LogP contribution in [0.4, 0.5) is 0 Å². The smallest absolute Gasteiger partial charge is 0.326 e. The molecule has 9 N–H and O–H groups in total. The van der Waals surface area contributed by atoms with Crippen molar-refractivity contribution in [2.75, 3.05) is 6.54 Å². The topological polar surface area (TPSA) is 197 Å². The van der Waals surface area contributed by atoms with Gasteiger partial charge < -0.3 is 37.6 Å². The molecule has 0 aromatic heterocycles. The molecule has 1 aromatic carbocycles. The lowest BCUT2D eigenvalue weighted by Gasteiger charge is -2.28. The zero-order chi connectivity index (χ0) is 28.8. The van der Waals surface area contributed by atoms with E-state index in [1.54, 1.807) is 19.1 Å². The molecule has 0 aliphatic rings. The summed E-state index contributed by atoms with van der Waals surface area (Å²) in [7, 11) is 0. The van der Waals surface area contributed by atoms with E-state index in [2.05, 4.69) is 16.0 Å². The Morgan fingerprint density at radius 2 is 1.50 bits per heavy atom. The Hall–Kier alpha value is -3.18. The molecule has 0 fully saturated rings. The molecule has 0 saturated heterocycles. The zero-order valence-corrected chi connectivity index (χ0v) is 22.9. The average molecular weight is 536 g/mol. The molecule has 38 heavy (non-hydrogen) atoms. The van der Waals surface area contributed by atoms with E-state index in [0.717, 1.165) is 5.56 Å². The highest BCUT2D eigenvalue weighted by atomic mass is 16.4. The number of carboxylic acid groups (broad SMARTS) is 1. The summed E-state index contributed by atoms with van der Waals surface area (Å²) >= 11 is 0. The molecule has 0 radical (unpaired) electrons. The second-order valence-electron chi connectivity index (χ2n) is 10.2. The van der Waals surface area contributed by atoms with Crippen LogP contribution < -0.4 is 27.4 Å². The molecule has 0 bridgehead atoms. The number of benzene rings is 1.